The molecule has 0 spiro atoms. The van der Waals surface area contributed by atoms with Crippen LogP contribution >= 0.6 is 0 Å². The van der Waals surface area contributed by atoms with Crippen LogP contribution in [0.1, 0.15) is 56.4 Å². The van der Waals surface area contributed by atoms with Crippen molar-refractivity contribution in [2.45, 2.75) is 52.1 Å². The lowest BCUT2D eigenvalue weighted by atomic mass is 9.74. The molecule has 0 aromatic carbocycles. The average Bonchev–Trinajstić information content (AvgIpc) is 2.53. The molecule has 0 aliphatic heterocycles. The molecule has 0 saturated heterocycles. The summed E-state index contributed by atoms with van der Waals surface area (Å²) in [6, 6.07) is 4.99. The van der Waals surface area contributed by atoms with E-state index in [2.05, 4.69) is 10.3 Å². The number of hydrogen-bond acceptors (Lipinski definition) is 4. The van der Waals surface area contributed by atoms with Crippen LogP contribution in [0.5, 0.6) is 5.88 Å². The standard InChI is InChI=1S/C17H24N2O4/c1-12(2)23-14-8-6-7-13(19-14)15(20)18-11-17(16(21)22)9-4-3-5-10-17/h6-8,12H,3-5,9-11H2,1-2H3,(H,18,20)(H,21,22). The van der Waals surface area contributed by atoms with Crippen LogP contribution in [0.15, 0.2) is 18.2 Å². The van der Waals surface area contributed by atoms with Gasteiger partial charge in [-0.1, -0.05) is 25.3 Å². The van der Waals surface area contributed by atoms with E-state index in [9.17, 15) is 14.7 Å². The molecule has 1 heterocycles. The topological polar surface area (TPSA) is 88.5 Å². The second-order valence-corrected chi connectivity index (χ2v) is 6.36. The maximum absolute atomic E-state index is 12.3. The number of rotatable bonds is 6. The minimum atomic E-state index is -0.847. The molecule has 1 aliphatic rings. The van der Waals surface area contributed by atoms with Gasteiger partial charge in [0, 0.05) is 12.6 Å². The van der Waals surface area contributed by atoms with E-state index in [-0.39, 0.29) is 24.2 Å². The molecule has 23 heavy (non-hydrogen) atoms. The predicted octanol–water partition coefficient (Wildman–Crippen LogP) is 2.63. The number of amides is 1. The molecule has 0 radical (unpaired) electrons. The number of pyridine rings is 1. The third kappa shape index (κ3) is 4.43. The van der Waals surface area contributed by atoms with Gasteiger partial charge in [0.15, 0.2) is 0 Å². The van der Waals surface area contributed by atoms with E-state index in [1.54, 1.807) is 18.2 Å². The zero-order valence-corrected chi connectivity index (χ0v) is 13.7. The second kappa shape index (κ2) is 7.44. The molecule has 6 heteroatoms. The van der Waals surface area contributed by atoms with Crippen LogP contribution in [0, 0.1) is 5.41 Å². The summed E-state index contributed by atoms with van der Waals surface area (Å²) in [6.45, 7) is 3.90. The van der Waals surface area contributed by atoms with Gasteiger partial charge in [-0.25, -0.2) is 4.98 Å². The van der Waals surface area contributed by atoms with Crippen molar-refractivity contribution in [2.24, 2.45) is 5.41 Å². The molecule has 2 N–H and O–H groups in total. The maximum Gasteiger partial charge on any atom is 0.311 e. The molecule has 1 aliphatic carbocycles. The second-order valence-electron chi connectivity index (χ2n) is 6.36. The lowest BCUT2D eigenvalue weighted by Crippen LogP contribution is -2.44. The smallest absolute Gasteiger partial charge is 0.311 e. The summed E-state index contributed by atoms with van der Waals surface area (Å²) in [5.41, 5.74) is -0.612. The van der Waals surface area contributed by atoms with Crippen LogP contribution < -0.4 is 10.1 Å². The highest BCUT2D eigenvalue weighted by atomic mass is 16.5. The minimum Gasteiger partial charge on any atom is -0.481 e. The molecule has 1 fully saturated rings. The predicted molar refractivity (Wildman–Crippen MR) is 85.5 cm³/mol. The number of carbonyl (C=O) groups excluding carboxylic acids is 1. The van der Waals surface area contributed by atoms with Crippen molar-refractivity contribution in [1.29, 1.82) is 0 Å². The summed E-state index contributed by atoms with van der Waals surface area (Å²) in [6.07, 6.45) is 4.01. The monoisotopic (exact) mass is 320 g/mol. The first-order chi connectivity index (χ1) is 10.9. The Balaban J connectivity index is 2.02. The van der Waals surface area contributed by atoms with Gasteiger partial charge in [0.05, 0.1) is 11.5 Å². The van der Waals surface area contributed by atoms with Crippen LogP contribution in [0.3, 0.4) is 0 Å². The molecule has 1 aromatic heterocycles. The number of carbonyl (C=O) groups is 2. The number of nitrogens with zero attached hydrogens (tertiary/aromatic N) is 1. The maximum atomic E-state index is 12.3. The van der Waals surface area contributed by atoms with E-state index in [4.69, 9.17) is 4.74 Å². The molecule has 1 saturated carbocycles. The van der Waals surface area contributed by atoms with E-state index < -0.39 is 11.4 Å². The molecule has 2 rings (SSSR count). The van der Waals surface area contributed by atoms with Gasteiger partial charge < -0.3 is 15.2 Å². The van der Waals surface area contributed by atoms with Crippen molar-refractivity contribution in [3.8, 4) is 5.88 Å². The molecule has 1 amide bonds. The van der Waals surface area contributed by atoms with Crippen LogP contribution in [-0.4, -0.2) is 34.6 Å². The Hall–Kier alpha value is -2.11. The van der Waals surface area contributed by atoms with Gasteiger partial charge in [-0.3, -0.25) is 9.59 Å². The lowest BCUT2D eigenvalue weighted by molar-refractivity contribution is -0.150. The van der Waals surface area contributed by atoms with Crippen molar-refractivity contribution in [3.05, 3.63) is 23.9 Å². The van der Waals surface area contributed by atoms with Crippen molar-refractivity contribution in [2.75, 3.05) is 6.54 Å². The average molecular weight is 320 g/mol. The first-order valence-corrected chi connectivity index (χ1v) is 8.08. The number of carboxylic acid groups (broad SMARTS) is 1. The van der Waals surface area contributed by atoms with E-state index in [1.807, 2.05) is 13.8 Å². The quantitative estimate of drug-likeness (QED) is 0.841. The van der Waals surface area contributed by atoms with Crippen LogP contribution in [0.2, 0.25) is 0 Å². The highest BCUT2D eigenvalue weighted by Gasteiger charge is 2.39. The van der Waals surface area contributed by atoms with E-state index in [0.29, 0.717) is 18.7 Å². The summed E-state index contributed by atoms with van der Waals surface area (Å²) in [7, 11) is 0. The highest BCUT2D eigenvalue weighted by Crippen LogP contribution is 2.36. The Bertz CT molecular complexity index is 565. The first kappa shape index (κ1) is 17.2. The van der Waals surface area contributed by atoms with Gasteiger partial charge in [-0.15, -0.1) is 0 Å². The molecule has 6 nitrogen and oxygen atoms in total. The van der Waals surface area contributed by atoms with E-state index >= 15 is 0 Å². The molecule has 0 atom stereocenters. The number of hydrogen-bond donors (Lipinski definition) is 2. The fourth-order valence-corrected chi connectivity index (χ4v) is 2.88. The molecule has 0 bridgehead atoms. The van der Waals surface area contributed by atoms with E-state index in [1.165, 1.54) is 0 Å². The lowest BCUT2D eigenvalue weighted by Gasteiger charge is -2.33. The van der Waals surface area contributed by atoms with Crippen molar-refractivity contribution < 1.29 is 19.4 Å². The molecular weight excluding hydrogens is 296 g/mol. The third-order valence-electron chi connectivity index (χ3n) is 4.16. The fraction of sp³-hybridized carbons (Fsp3) is 0.588. The van der Waals surface area contributed by atoms with Gasteiger partial charge in [-0.2, -0.15) is 0 Å². The Morgan fingerprint density at radius 3 is 2.61 bits per heavy atom. The van der Waals surface area contributed by atoms with Crippen molar-refractivity contribution in [1.82, 2.24) is 10.3 Å². The summed E-state index contributed by atoms with van der Waals surface area (Å²) >= 11 is 0. The van der Waals surface area contributed by atoms with Crippen LogP contribution in [0.4, 0.5) is 0 Å². The summed E-state index contributed by atoms with van der Waals surface area (Å²) in [5, 5.41) is 12.3. The third-order valence-corrected chi connectivity index (χ3v) is 4.16. The van der Waals surface area contributed by atoms with Gasteiger partial charge in [0.1, 0.15) is 5.69 Å². The number of aliphatic carboxylic acids is 1. The largest absolute Gasteiger partial charge is 0.481 e. The Kier molecular flexibility index (Phi) is 5.58. The van der Waals surface area contributed by atoms with Gasteiger partial charge >= 0.3 is 5.97 Å². The summed E-state index contributed by atoms with van der Waals surface area (Å²) in [4.78, 5) is 28.0. The highest BCUT2D eigenvalue weighted by molar-refractivity contribution is 5.92. The fourth-order valence-electron chi connectivity index (χ4n) is 2.88. The number of ether oxygens (including phenoxy) is 1. The number of aromatic nitrogens is 1. The Morgan fingerprint density at radius 1 is 1.30 bits per heavy atom. The summed E-state index contributed by atoms with van der Waals surface area (Å²) in [5.74, 6) is -0.814. The molecular formula is C17H24N2O4. The molecule has 1 aromatic rings. The van der Waals surface area contributed by atoms with Gasteiger partial charge in [-0.05, 0) is 32.8 Å². The first-order valence-electron chi connectivity index (χ1n) is 8.08. The zero-order valence-electron chi connectivity index (χ0n) is 13.7. The SMILES string of the molecule is CC(C)Oc1cccc(C(=O)NCC2(C(=O)O)CCCCC2)n1. The number of nitrogens with one attached hydrogen (secondary N) is 1. The number of carboxylic acids is 1. The Morgan fingerprint density at radius 2 is 2.00 bits per heavy atom. The van der Waals surface area contributed by atoms with Crippen molar-refractivity contribution >= 4 is 11.9 Å². The van der Waals surface area contributed by atoms with Gasteiger partial charge in [0.25, 0.3) is 5.91 Å². The molecule has 126 valence electrons. The minimum absolute atomic E-state index is 0.0293. The molecule has 0 unspecified atom stereocenters. The van der Waals surface area contributed by atoms with Crippen molar-refractivity contribution in [3.63, 3.8) is 0 Å². The van der Waals surface area contributed by atoms with Crippen LogP contribution in [0.25, 0.3) is 0 Å². The van der Waals surface area contributed by atoms with E-state index in [0.717, 1.165) is 19.3 Å². The zero-order chi connectivity index (χ0) is 16.9. The Labute approximate surface area is 136 Å². The normalized spacial score (nSPS) is 16.8. The van der Waals surface area contributed by atoms with Gasteiger partial charge in [0.2, 0.25) is 5.88 Å². The van der Waals surface area contributed by atoms with Crippen LogP contribution in [-0.2, 0) is 4.79 Å². The summed E-state index contributed by atoms with van der Waals surface area (Å²) < 4.78 is 5.47.